The van der Waals surface area contributed by atoms with Crippen LogP contribution in [-0.4, -0.2) is 50.2 Å². The number of carbonyl (C=O) groups excluding carboxylic acids is 4. The molecule has 0 amide bonds. The van der Waals surface area contributed by atoms with Gasteiger partial charge in [0, 0.05) is 25.8 Å². The molecule has 0 aliphatic carbocycles. The van der Waals surface area contributed by atoms with Gasteiger partial charge in [-0.1, -0.05) is 65.4 Å². The summed E-state index contributed by atoms with van der Waals surface area (Å²) in [5, 5.41) is 3.07. The van der Waals surface area contributed by atoms with E-state index in [0.717, 1.165) is 51.4 Å². The molecule has 1 N–H and O–H groups in total. The number of methoxy groups -OCH3 is 1. The van der Waals surface area contributed by atoms with Gasteiger partial charge in [-0.25, -0.2) is 0 Å². The van der Waals surface area contributed by atoms with Gasteiger partial charge in [-0.15, -0.1) is 0 Å². The largest absolute Gasteiger partial charge is 0.468 e. The average Bonchev–Trinajstić information content (AvgIpc) is 2.91. The Kier molecular flexibility index (Phi) is 18.3. The predicted molar refractivity (Wildman–Crippen MR) is 149 cm³/mol. The van der Waals surface area contributed by atoms with Crippen molar-refractivity contribution >= 4 is 23.9 Å². The van der Waals surface area contributed by atoms with E-state index in [9.17, 15) is 19.2 Å². The topological polar surface area (TPSA) is 117 Å². The Morgan fingerprint density at radius 1 is 0.744 bits per heavy atom. The van der Waals surface area contributed by atoms with Crippen molar-refractivity contribution in [3.8, 4) is 11.5 Å². The van der Waals surface area contributed by atoms with Gasteiger partial charge in [0.2, 0.25) is 0 Å². The molecule has 9 heteroatoms. The molecule has 0 bridgehead atoms. The zero-order valence-corrected chi connectivity index (χ0v) is 24.2. The second-order valence-electron chi connectivity index (χ2n) is 9.56. The fourth-order valence-corrected chi connectivity index (χ4v) is 3.84. The van der Waals surface area contributed by atoms with Gasteiger partial charge in [0.15, 0.2) is 11.5 Å². The van der Waals surface area contributed by atoms with Crippen LogP contribution in [0.3, 0.4) is 0 Å². The van der Waals surface area contributed by atoms with E-state index in [1.54, 1.807) is 18.2 Å². The van der Waals surface area contributed by atoms with Crippen molar-refractivity contribution in [2.24, 2.45) is 0 Å². The highest BCUT2D eigenvalue weighted by atomic mass is 16.6. The van der Waals surface area contributed by atoms with E-state index in [2.05, 4.69) is 19.2 Å². The zero-order valence-electron chi connectivity index (χ0n) is 24.2. The van der Waals surface area contributed by atoms with Crippen LogP contribution in [0.5, 0.6) is 11.5 Å². The quantitative estimate of drug-likeness (QED) is 0.121. The number of benzene rings is 1. The van der Waals surface area contributed by atoms with Crippen LogP contribution in [0.4, 0.5) is 0 Å². The second kappa shape index (κ2) is 21.0. The molecule has 9 nitrogen and oxygen atoms in total. The van der Waals surface area contributed by atoms with E-state index >= 15 is 0 Å². The van der Waals surface area contributed by atoms with Crippen molar-refractivity contribution in [1.82, 2.24) is 5.32 Å². The molecule has 0 saturated carbocycles. The molecule has 0 aliphatic rings. The summed E-state index contributed by atoms with van der Waals surface area (Å²) in [6.07, 6.45) is 9.16. The van der Waals surface area contributed by atoms with Crippen LogP contribution >= 0.6 is 0 Å². The number of esters is 4. The normalized spacial score (nSPS) is 11.5. The summed E-state index contributed by atoms with van der Waals surface area (Å²) in [7, 11) is 1.30. The van der Waals surface area contributed by atoms with Gasteiger partial charge in [0.25, 0.3) is 0 Å². The first kappa shape index (κ1) is 34.1. The summed E-state index contributed by atoms with van der Waals surface area (Å²) in [6, 6.07) is 4.18. The van der Waals surface area contributed by atoms with Crippen LogP contribution < -0.4 is 14.8 Å². The highest BCUT2D eigenvalue weighted by Gasteiger charge is 2.21. The lowest BCUT2D eigenvalue weighted by molar-refractivity contribution is -0.144. The lowest BCUT2D eigenvalue weighted by Gasteiger charge is -2.18. The molecule has 1 atom stereocenters. The van der Waals surface area contributed by atoms with Crippen LogP contribution in [0.2, 0.25) is 0 Å². The van der Waals surface area contributed by atoms with Crippen LogP contribution in [-0.2, 0) is 35.1 Å². The minimum atomic E-state index is -0.718. The Balaban J connectivity index is 2.90. The summed E-state index contributed by atoms with van der Waals surface area (Å²) in [6.45, 7) is 6.57. The van der Waals surface area contributed by atoms with Crippen molar-refractivity contribution < 1.29 is 38.1 Å². The van der Waals surface area contributed by atoms with Gasteiger partial charge in [0.05, 0.1) is 7.11 Å². The summed E-state index contributed by atoms with van der Waals surface area (Å²) < 4.78 is 21.3. The number of unbranched alkanes of at least 4 members (excludes halogenated alkanes) is 6. The second-order valence-corrected chi connectivity index (χ2v) is 9.56. The van der Waals surface area contributed by atoms with Crippen LogP contribution in [0.1, 0.15) is 103 Å². The van der Waals surface area contributed by atoms with Crippen LogP contribution in [0.15, 0.2) is 18.2 Å². The molecule has 1 aromatic rings. The fraction of sp³-hybridized carbons (Fsp3) is 0.667. The third-order valence-corrected chi connectivity index (χ3v) is 6.09. The van der Waals surface area contributed by atoms with E-state index < -0.39 is 23.9 Å². The van der Waals surface area contributed by atoms with Gasteiger partial charge in [-0.05, 0) is 43.4 Å². The summed E-state index contributed by atoms with van der Waals surface area (Å²) in [4.78, 5) is 49.0. The number of hydrogen-bond donors (Lipinski definition) is 1. The molecule has 0 spiro atoms. The Morgan fingerprint density at radius 2 is 1.28 bits per heavy atom. The first-order valence-corrected chi connectivity index (χ1v) is 14.4. The van der Waals surface area contributed by atoms with Gasteiger partial charge < -0.3 is 24.3 Å². The van der Waals surface area contributed by atoms with Crippen molar-refractivity contribution in [3.63, 3.8) is 0 Å². The number of nitrogens with one attached hydrogen (secondary N) is 1. The van der Waals surface area contributed by atoms with Gasteiger partial charge in [-0.2, -0.15) is 0 Å². The first-order chi connectivity index (χ1) is 18.8. The Morgan fingerprint density at radius 3 is 1.82 bits per heavy atom. The first-order valence-electron chi connectivity index (χ1n) is 14.4. The molecule has 0 fully saturated rings. The lowest BCUT2D eigenvalue weighted by Crippen LogP contribution is -2.41. The molecule has 1 rings (SSSR count). The standard InChI is InChI=1S/C30H47NO8/c1-5-8-11-14-27(32)37-20-19-31-24(30(35)36-4)21-23-17-18-25(38-28(33)15-12-9-6-2)26(22-23)39-29(34)16-13-10-7-3/h17-18,22,24,31H,5-16,19-21H2,1-4H3/t24-/m0/s1. The molecule has 0 aromatic heterocycles. The molecule has 0 radical (unpaired) electrons. The van der Waals surface area contributed by atoms with Crippen LogP contribution in [0, 0.1) is 0 Å². The van der Waals surface area contributed by atoms with E-state index in [1.165, 1.54) is 7.11 Å². The highest BCUT2D eigenvalue weighted by molar-refractivity contribution is 5.77. The van der Waals surface area contributed by atoms with Gasteiger partial charge >= 0.3 is 23.9 Å². The van der Waals surface area contributed by atoms with Gasteiger partial charge in [-0.3, -0.25) is 19.2 Å². The maximum atomic E-state index is 12.4. The maximum Gasteiger partial charge on any atom is 0.323 e. The van der Waals surface area contributed by atoms with E-state index in [0.29, 0.717) is 18.4 Å². The Bertz CT molecular complexity index is 886. The molecule has 0 aliphatic heterocycles. The maximum absolute atomic E-state index is 12.4. The third-order valence-electron chi connectivity index (χ3n) is 6.09. The van der Waals surface area contributed by atoms with Crippen molar-refractivity contribution in [2.75, 3.05) is 20.3 Å². The molecule has 0 heterocycles. The van der Waals surface area contributed by atoms with Crippen LogP contribution in [0.25, 0.3) is 0 Å². The minimum absolute atomic E-state index is 0.131. The van der Waals surface area contributed by atoms with Crippen molar-refractivity contribution in [2.45, 2.75) is 110 Å². The van der Waals surface area contributed by atoms with E-state index in [-0.39, 0.29) is 49.9 Å². The molecule has 0 unspecified atom stereocenters. The smallest absolute Gasteiger partial charge is 0.323 e. The van der Waals surface area contributed by atoms with E-state index in [1.807, 2.05) is 6.92 Å². The van der Waals surface area contributed by atoms with Gasteiger partial charge in [0.1, 0.15) is 12.6 Å². The predicted octanol–water partition coefficient (Wildman–Crippen LogP) is 5.46. The van der Waals surface area contributed by atoms with Crippen molar-refractivity contribution in [3.05, 3.63) is 23.8 Å². The fourth-order valence-electron chi connectivity index (χ4n) is 3.84. The lowest BCUT2D eigenvalue weighted by atomic mass is 10.0. The molecule has 1 aromatic carbocycles. The van der Waals surface area contributed by atoms with Crippen molar-refractivity contribution in [1.29, 1.82) is 0 Å². The Hall–Kier alpha value is -2.94. The highest BCUT2D eigenvalue weighted by Crippen LogP contribution is 2.30. The minimum Gasteiger partial charge on any atom is -0.468 e. The number of hydrogen-bond acceptors (Lipinski definition) is 9. The number of carbonyl (C=O) groups is 4. The monoisotopic (exact) mass is 549 g/mol. The number of rotatable bonds is 21. The zero-order chi connectivity index (χ0) is 28.9. The summed E-state index contributed by atoms with van der Waals surface area (Å²) in [5.74, 6) is -1.23. The average molecular weight is 550 g/mol. The van der Waals surface area contributed by atoms with E-state index in [4.69, 9.17) is 18.9 Å². The SMILES string of the molecule is CCCCCC(=O)OCCN[C@@H](Cc1ccc(OC(=O)CCCCC)c(OC(=O)CCCCC)c1)C(=O)OC. The Labute approximate surface area is 233 Å². The summed E-state index contributed by atoms with van der Waals surface area (Å²) >= 11 is 0. The third kappa shape index (κ3) is 15.3. The summed E-state index contributed by atoms with van der Waals surface area (Å²) in [5.41, 5.74) is 0.677. The molecule has 39 heavy (non-hydrogen) atoms. The number of ether oxygens (including phenoxy) is 4. The molecular weight excluding hydrogens is 502 g/mol. The molecular formula is C30H47NO8. The molecule has 220 valence electrons. The molecule has 0 saturated heterocycles.